The van der Waals surface area contributed by atoms with Crippen molar-refractivity contribution in [3.05, 3.63) is 35.4 Å². The lowest BCUT2D eigenvalue weighted by Crippen LogP contribution is -2.29. The molecule has 1 aromatic carbocycles. The van der Waals surface area contributed by atoms with Crippen molar-refractivity contribution in [3.63, 3.8) is 0 Å². The summed E-state index contributed by atoms with van der Waals surface area (Å²) in [7, 11) is 0. The second kappa shape index (κ2) is 5.79. The van der Waals surface area contributed by atoms with E-state index in [0.717, 1.165) is 24.3 Å². The molecule has 8 heteroatoms. The largest absolute Gasteiger partial charge is 0.416 e. The summed E-state index contributed by atoms with van der Waals surface area (Å²) in [6.45, 7) is 0. The smallest absolute Gasteiger partial charge is 0.271 e. The van der Waals surface area contributed by atoms with Crippen LogP contribution in [0, 0.1) is 0 Å². The van der Waals surface area contributed by atoms with E-state index in [-0.39, 0.29) is 12.0 Å². The van der Waals surface area contributed by atoms with Crippen molar-refractivity contribution in [2.45, 2.75) is 31.2 Å². The van der Waals surface area contributed by atoms with Gasteiger partial charge in [0.05, 0.1) is 5.56 Å². The van der Waals surface area contributed by atoms with Crippen molar-refractivity contribution < 1.29 is 26.3 Å². The van der Waals surface area contributed by atoms with Crippen LogP contribution in [0.3, 0.4) is 0 Å². The summed E-state index contributed by atoms with van der Waals surface area (Å²) >= 11 is 0. The van der Waals surface area contributed by atoms with E-state index >= 15 is 0 Å². The second-order valence-corrected chi connectivity index (χ2v) is 3.99. The number of hydrogen-bond donors (Lipinski definition) is 2. The summed E-state index contributed by atoms with van der Waals surface area (Å²) in [6, 6.07) is 3.01. The number of hydrazine groups is 1. The lowest BCUT2D eigenvalue weighted by molar-refractivity contribution is -0.137. The molecular formula is C11H12F6N2. The van der Waals surface area contributed by atoms with E-state index in [1.165, 1.54) is 0 Å². The average molecular weight is 286 g/mol. The first kappa shape index (κ1) is 15.8. The zero-order valence-electron chi connectivity index (χ0n) is 9.65. The zero-order valence-corrected chi connectivity index (χ0v) is 9.65. The molecule has 108 valence electrons. The molecule has 0 fully saturated rings. The van der Waals surface area contributed by atoms with Crippen molar-refractivity contribution in [2.24, 2.45) is 5.84 Å². The van der Waals surface area contributed by atoms with Gasteiger partial charge in [0.15, 0.2) is 0 Å². The van der Waals surface area contributed by atoms with E-state index in [1.807, 2.05) is 0 Å². The van der Waals surface area contributed by atoms with Crippen molar-refractivity contribution >= 4 is 0 Å². The summed E-state index contributed by atoms with van der Waals surface area (Å²) in [4.78, 5) is 0. The van der Waals surface area contributed by atoms with Gasteiger partial charge in [-0.2, -0.15) is 26.3 Å². The predicted octanol–water partition coefficient (Wildman–Crippen LogP) is 3.55. The molecule has 1 atom stereocenters. The molecule has 0 aliphatic carbocycles. The molecule has 0 aliphatic rings. The first-order valence-electron chi connectivity index (χ1n) is 5.33. The van der Waals surface area contributed by atoms with Gasteiger partial charge in [-0.3, -0.25) is 11.3 Å². The number of nitrogens with one attached hydrogen (secondary N) is 1. The van der Waals surface area contributed by atoms with Crippen LogP contribution in [0.4, 0.5) is 26.3 Å². The van der Waals surface area contributed by atoms with Gasteiger partial charge in [0.1, 0.15) is 0 Å². The highest BCUT2D eigenvalue weighted by atomic mass is 19.4. The molecule has 0 amide bonds. The fourth-order valence-corrected chi connectivity index (χ4v) is 1.56. The maximum absolute atomic E-state index is 12.3. The van der Waals surface area contributed by atoms with Gasteiger partial charge < -0.3 is 0 Å². The molecular weight excluding hydrogens is 274 g/mol. The molecule has 0 aromatic heterocycles. The minimum atomic E-state index is -4.48. The minimum Gasteiger partial charge on any atom is -0.271 e. The SMILES string of the molecule is NNC(CCC(F)(F)F)c1ccc(C(F)(F)F)cc1. The fraction of sp³-hybridized carbons (Fsp3) is 0.455. The normalized spacial score (nSPS) is 14.5. The van der Waals surface area contributed by atoms with Crippen LogP contribution in [0.2, 0.25) is 0 Å². The first-order valence-corrected chi connectivity index (χ1v) is 5.33. The molecule has 0 radical (unpaired) electrons. The predicted molar refractivity (Wildman–Crippen MR) is 56.8 cm³/mol. The van der Waals surface area contributed by atoms with Gasteiger partial charge in [-0.25, -0.2) is 0 Å². The monoisotopic (exact) mass is 286 g/mol. The molecule has 0 spiro atoms. The Bertz CT molecular complexity index is 395. The Morgan fingerprint density at radius 3 is 1.89 bits per heavy atom. The van der Waals surface area contributed by atoms with Gasteiger partial charge >= 0.3 is 12.4 Å². The van der Waals surface area contributed by atoms with Crippen LogP contribution < -0.4 is 11.3 Å². The third-order valence-corrected chi connectivity index (χ3v) is 2.56. The molecule has 1 rings (SSSR count). The number of benzene rings is 1. The minimum absolute atomic E-state index is 0.278. The quantitative estimate of drug-likeness (QED) is 0.504. The topological polar surface area (TPSA) is 38.0 Å². The summed E-state index contributed by atoms with van der Waals surface area (Å²) in [5, 5.41) is 0. The summed E-state index contributed by atoms with van der Waals surface area (Å²) in [5.41, 5.74) is 1.59. The van der Waals surface area contributed by atoms with E-state index in [1.54, 1.807) is 0 Å². The number of rotatable bonds is 4. The van der Waals surface area contributed by atoms with E-state index in [0.29, 0.717) is 0 Å². The van der Waals surface area contributed by atoms with Crippen LogP contribution in [-0.4, -0.2) is 6.18 Å². The Labute approximate surface area is 105 Å². The lowest BCUT2D eigenvalue weighted by atomic mass is 10.0. The molecule has 0 bridgehead atoms. The highest BCUT2D eigenvalue weighted by Gasteiger charge is 2.31. The van der Waals surface area contributed by atoms with Crippen molar-refractivity contribution in [1.82, 2.24) is 5.43 Å². The van der Waals surface area contributed by atoms with Gasteiger partial charge in [0.25, 0.3) is 0 Å². The van der Waals surface area contributed by atoms with Crippen LogP contribution in [-0.2, 0) is 6.18 Å². The molecule has 0 heterocycles. The molecule has 1 unspecified atom stereocenters. The van der Waals surface area contributed by atoms with Crippen molar-refractivity contribution in [2.75, 3.05) is 0 Å². The molecule has 0 saturated carbocycles. The van der Waals surface area contributed by atoms with E-state index in [2.05, 4.69) is 5.43 Å². The average Bonchev–Trinajstić information content (AvgIpc) is 2.28. The molecule has 3 N–H and O–H groups in total. The molecule has 2 nitrogen and oxygen atoms in total. The maximum atomic E-state index is 12.3. The Morgan fingerprint density at radius 2 is 1.53 bits per heavy atom. The molecule has 1 aromatic rings. The van der Waals surface area contributed by atoms with Crippen molar-refractivity contribution in [3.8, 4) is 0 Å². The summed E-state index contributed by atoms with van der Waals surface area (Å²) in [5.74, 6) is 5.12. The first-order chi connectivity index (χ1) is 8.63. The standard InChI is InChI=1S/C11H12F6N2/c12-10(13,14)6-5-9(19-18)7-1-3-8(4-2-7)11(15,16)17/h1-4,9,19H,5-6,18H2. The number of alkyl halides is 6. The Kier molecular flexibility index (Phi) is 4.81. The Balaban J connectivity index is 2.77. The molecule has 0 aliphatic heterocycles. The van der Waals surface area contributed by atoms with Crippen LogP contribution in [0.5, 0.6) is 0 Å². The third-order valence-electron chi connectivity index (χ3n) is 2.56. The van der Waals surface area contributed by atoms with E-state index in [4.69, 9.17) is 5.84 Å². The summed E-state index contributed by atoms with van der Waals surface area (Å²) in [6.07, 6.45) is -10.2. The summed E-state index contributed by atoms with van der Waals surface area (Å²) < 4.78 is 73.2. The fourth-order valence-electron chi connectivity index (χ4n) is 1.56. The van der Waals surface area contributed by atoms with Crippen LogP contribution in [0.1, 0.15) is 30.0 Å². The lowest BCUT2D eigenvalue weighted by Gasteiger charge is -2.18. The zero-order chi connectivity index (χ0) is 14.7. The van der Waals surface area contributed by atoms with Crippen molar-refractivity contribution in [1.29, 1.82) is 0 Å². The van der Waals surface area contributed by atoms with Crippen LogP contribution in [0.25, 0.3) is 0 Å². The van der Waals surface area contributed by atoms with Gasteiger partial charge in [0, 0.05) is 12.5 Å². The maximum Gasteiger partial charge on any atom is 0.416 e. The van der Waals surface area contributed by atoms with Gasteiger partial charge in [-0.15, -0.1) is 0 Å². The van der Waals surface area contributed by atoms with E-state index < -0.39 is 30.4 Å². The highest BCUT2D eigenvalue weighted by Crippen LogP contribution is 2.31. The van der Waals surface area contributed by atoms with E-state index in [9.17, 15) is 26.3 Å². The number of nitrogens with two attached hydrogens (primary N) is 1. The Hall–Kier alpha value is -1.28. The second-order valence-electron chi connectivity index (χ2n) is 3.99. The highest BCUT2D eigenvalue weighted by molar-refractivity contribution is 5.26. The van der Waals surface area contributed by atoms with Gasteiger partial charge in [0.2, 0.25) is 0 Å². The van der Waals surface area contributed by atoms with Crippen LogP contribution >= 0.6 is 0 Å². The third kappa shape index (κ3) is 5.07. The molecule has 19 heavy (non-hydrogen) atoms. The molecule has 0 saturated heterocycles. The number of halogens is 6. The Morgan fingerprint density at radius 1 is 1.00 bits per heavy atom. The van der Waals surface area contributed by atoms with Gasteiger partial charge in [-0.1, -0.05) is 12.1 Å². The van der Waals surface area contributed by atoms with Crippen LogP contribution in [0.15, 0.2) is 24.3 Å². The van der Waals surface area contributed by atoms with Gasteiger partial charge in [-0.05, 0) is 24.1 Å². The number of hydrogen-bond acceptors (Lipinski definition) is 2.